The Morgan fingerprint density at radius 1 is 1.10 bits per heavy atom. The van der Waals surface area contributed by atoms with Crippen LogP contribution in [0.3, 0.4) is 0 Å². The van der Waals surface area contributed by atoms with Crippen molar-refractivity contribution in [3.8, 4) is 0 Å². The fourth-order valence-electron chi connectivity index (χ4n) is 3.21. The molecule has 2 fully saturated rings. The molecule has 0 aliphatic carbocycles. The Kier molecular flexibility index (Phi) is 3.89. The van der Waals surface area contributed by atoms with Crippen LogP contribution in [0.4, 0.5) is 5.82 Å². The Hall–Kier alpha value is -1.20. The van der Waals surface area contributed by atoms with Crippen molar-refractivity contribution in [3.05, 3.63) is 17.6 Å². The minimum atomic E-state index is 0.411. The molecule has 2 saturated heterocycles. The monoisotopic (exact) mass is 275 g/mol. The highest BCUT2D eigenvalue weighted by Gasteiger charge is 2.30. The highest BCUT2D eigenvalue weighted by Crippen LogP contribution is 2.23. The summed E-state index contributed by atoms with van der Waals surface area (Å²) < 4.78 is 0. The minimum Gasteiger partial charge on any atom is -0.354 e. The number of aromatic nitrogens is 2. The van der Waals surface area contributed by atoms with Crippen LogP contribution in [-0.2, 0) is 0 Å². The van der Waals surface area contributed by atoms with E-state index in [4.69, 9.17) is 5.73 Å². The van der Waals surface area contributed by atoms with Crippen LogP contribution >= 0.6 is 0 Å². The van der Waals surface area contributed by atoms with Gasteiger partial charge in [0, 0.05) is 25.2 Å². The largest absolute Gasteiger partial charge is 0.354 e. The van der Waals surface area contributed by atoms with Gasteiger partial charge in [0.1, 0.15) is 5.82 Å². The van der Waals surface area contributed by atoms with E-state index in [2.05, 4.69) is 19.8 Å². The van der Waals surface area contributed by atoms with Crippen molar-refractivity contribution < 1.29 is 0 Å². The van der Waals surface area contributed by atoms with Crippen LogP contribution in [0.5, 0.6) is 0 Å². The molecular formula is C15H25N5. The third-order valence-electron chi connectivity index (χ3n) is 4.76. The van der Waals surface area contributed by atoms with Gasteiger partial charge in [-0.05, 0) is 46.2 Å². The Labute approximate surface area is 121 Å². The van der Waals surface area contributed by atoms with E-state index in [1.54, 1.807) is 0 Å². The van der Waals surface area contributed by atoms with Gasteiger partial charge >= 0.3 is 0 Å². The summed E-state index contributed by atoms with van der Waals surface area (Å²) in [5, 5.41) is 0. The van der Waals surface area contributed by atoms with Crippen molar-refractivity contribution >= 4 is 5.82 Å². The Morgan fingerprint density at radius 2 is 1.85 bits per heavy atom. The zero-order valence-electron chi connectivity index (χ0n) is 12.5. The first-order valence-corrected chi connectivity index (χ1v) is 7.68. The average molecular weight is 275 g/mol. The third-order valence-corrected chi connectivity index (χ3v) is 4.76. The quantitative estimate of drug-likeness (QED) is 0.876. The smallest absolute Gasteiger partial charge is 0.147 e. The molecule has 1 atom stereocenters. The highest BCUT2D eigenvalue weighted by atomic mass is 15.3. The standard InChI is InChI=1S/C15H25N5/c1-11-12(2)18-15(9-17-11)20-8-5-14(10-20)19-6-3-13(16)4-7-19/h9,13-14H,3-8,10,16H2,1-2H3. The predicted molar refractivity (Wildman–Crippen MR) is 80.9 cm³/mol. The van der Waals surface area contributed by atoms with E-state index in [1.807, 2.05) is 20.0 Å². The van der Waals surface area contributed by atoms with Crippen LogP contribution in [0.15, 0.2) is 6.20 Å². The second-order valence-corrected chi connectivity index (χ2v) is 6.16. The summed E-state index contributed by atoms with van der Waals surface area (Å²) in [4.78, 5) is 14.1. The summed E-state index contributed by atoms with van der Waals surface area (Å²) in [6, 6.07) is 1.07. The summed E-state index contributed by atoms with van der Waals surface area (Å²) in [7, 11) is 0. The average Bonchev–Trinajstić information content (AvgIpc) is 2.92. The molecule has 2 N–H and O–H groups in total. The zero-order chi connectivity index (χ0) is 14.1. The number of anilines is 1. The van der Waals surface area contributed by atoms with Gasteiger partial charge in [-0.3, -0.25) is 9.88 Å². The van der Waals surface area contributed by atoms with E-state index in [1.165, 1.54) is 6.42 Å². The summed E-state index contributed by atoms with van der Waals surface area (Å²) in [5.74, 6) is 1.03. The minimum absolute atomic E-state index is 0.411. The van der Waals surface area contributed by atoms with Crippen molar-refractivity contribution in [3.63, 3.8) is 0 Å². The second kappa shape index (κ2) is 5.66. The van der Waals surface area contributed by atoms with Crippen molar-refractivity contribution in [2.24, 2.45) is 5.73 Å². The predicted octanol–water partition coefficient (Wildman–Crippen LogP) is 1.10. The maximum atomic E-state index is 5.99. The van der Waals surface area contributed by atoms with Crippen molar-refractivity contribution in [2.75, 3.05) is 31.1 Å². The summed E-state index contributed by atoms with van der Waals surface area (Å²) >= 11 is 0. The lowest BCUT2D eigenvalue weighted by molar-refractivity contribution is 0.163. The van der Waals surface area contributed by atoms with E-state index in [9.17, 15) is 0 Å². The Balaban J connectivity index is 1.63. The number of nitrogens with two attached hydrogens (primary N) is 1. The first-order valence-electron chi connectivity index (χ1n) is 7.68. The molecule has 5 heteroatoms. The van der Waals surface area contributed by atoms with Crippen LogP contribution in [0.2, 0.25) is 0 Å². The fraction of sp³-hybridized carbons (Fsp3) is 0.733. The van der Waals surface area contributed by atoms with Gasteiger partial charge in [-0.1, -0.05) is 0 Å². The van der Waals surface area contributed by atoms with Gasteiger partial charge < -0.3 is 10.6 Å². The van der Waals surface area contributed by atoms with E-state index in [-0.39, 0.29) is 0 Å². The van der Waals surface area contributed by atoms with Crippen LogP contribution < -0.4 is 10.6 Å². The Morgan fingerprint density at radius 3 is 2.55 bits per heavy atom. The molecule has 2 aliphatic rings. The number of nitrogens with zero attached hydrogens (tertiary/aromatic N) is 4. The summed E-state index contributed by atoms with van der Waals surface area (Å²) in [5.41, 5.74) is 8.05. The molecule has 110 valence electrons. The first-order chi connectivity index (χ1) is 9.63. The van der Waals surface area contributed by atoms with Crippen molar-refractivity contribution in [2.45, 2.75) is 45.2 Å². The molecule has 1 unspecified atom stereocenters. The fourth-order valence-corrected chi connectivity index (χ4v) is 3.21. The van der Waals surface area contributed by atoms with E-state index in [0.717, 1.165) is 56.2 Å². The van der Waals surface area contributed by atoms with Gasteiger partial charge in [-0.2, -0.15) is 0 Å². The molecule has 20 heavy (non-hydrogen) atoms. The van der Waals surface area contributed by atoms with Crippen molar-refractivity contribution in [1.82, 2.24) is 14.9 Å². The SMILES string of the molecule is Cc1ncc(N2CCC(N3CCC(N)CC3)C2)nc1C. The number of piperidine rings is 1. The lowest BCUT2D eigenvalue weighted by Crippen LogP contribution is -2.46. The topological polar surface area (TPSA) is 58.3 Å². The summed E-state index contributed by atoms with van der Waals surface area (Å²) in [6.45, 7) is 8.51. The van der Waals surface area contributed by atoms with Gasteiger partial charge in [0.05, 0.1) is 17.6 Å². The number of hydrogen-bond donors (Lipinski definition) is 1. The molecule has 0 saturated carbocycles. The third kappa shape index (κ3) is 2.79. The molecule has 2 aliphatic heterocycles. The van der Waals surface area contributed by atoms with Crippen molar-refractivity contribution in [1.29, 1.82) is 0 Å². The lowest BCUT2D eigenvalue weighted by atomic mass is 10.0. The molecule has 0 spiro atoms. The number of aryl methyl sites for hydroxylation is 2. The maximum Gasteiger partial charge on any atom is 0.147 e. The molecule has 1 aromatic heterocycles. The molecule has 0 radical (unpaired) electrons. The van der Waals surface area contributed by atoms with E-state index in [0.29, 0.717) is 12.1 Å². The molecular weight excluding hydrogens is 250 g/mol. The molecule has 3 heterocycles. The van der Waals surface area contributed by atoms with E-state index >= 15 is 0 Å². The number of likely N-dealkylation sites (tertiary alicyclic amines) is 1. The maximum absolute atomic E-state index is 5.99. The molecule has 5 nitrogen and oxygen atoms in total. The van der Waals surface area contributed by atoms with Crippen LogP contribution in [0.1, 0.15) is 30.7 Å². The van der Waals surface area contributed by atoms with E-state index < -0.39 is 0 Å². The van der Waals surface area contributed by atoms with Crippen LogP contribution in [-0.4, -0.2) is 53.1 Å². The normalized spacial score (nSPS) is 25.4. The number of rotatable bonds is 2. The van der Waals surface area contributed by atoms with Gasteiger partial charge in [-0.15, -0.1) is 0 Å². The lowest BCUT2D eigenvalue weighted by Gasteiger charge is -2.34. The van der Waals surface area contributed by atoms with Gasteiger partial charge in [0.25, 0.3) is 0 Å². The molecule has 1 aromatic rings. The highest BCUT2D eigenvalue weighted by molar-refractivity contribution is 5.39. The van der Waals surface area contributed by atoms with Crippen LogP contribution in [0, 0.1) is 13.8 Å². The molecule has 0 aromatic carbocycles. The second-order valence-electron chi connectivity index (χ2n) is 6.16. The Bertz CT molecular complexity index is 467. The first kappa shape index (κ1) is 13.8. The summed E-state index contributed by atoms with van der Waals surface area (Å²) in [6.07, 6.45) is 5.42. The zero-order valence-corrected chi connectivity index (χ0v) is 12.5. The van der Waals surface area contributed by atoms with Gasteiger partial charge in [0.15, 0.2) is 0 Å². The van der Waals surface area contributed by atoms with Crippen LogP contribution in [0.25, 0.3) is 0 Å². The molecule has 3 rings (SSSR count). The molecule has 0 bridgehead atoms. The van der Waals surface area contributed by atoms with Gasteiger partial charge in [-0.25, -0.2) is 4.98 Å². The number of hydrogen-bond acceptors (Lipinski definition) is 5. The molecule has 0 amide bonds. The van der Waals surface area contributed by atoms with Gasteiger partial charge in [0.2, 0.25) is 0 Å².